The maximum absolute atomic E-state index is 10.3. The van der Waals surface area contributed by atoms with Gasteiger partial charge in [0.2, 0.25) is 0 Å². The molecule has 1 aromatic rings. The SMILES string of the molecule is O=S1C=CC=CN1.c1ccncc1. The Bertz CT molecular complexity index is 282. The minimum atomic E-state index is -0.958. The van der Waals surface area contributed by atoms with E-state index < -0.39 is 11.0 Å². The van der Waals surface area contributed by atoms with Crippen LogP contribution in [0, 0.1) is 0 Å². The Hall–Kier alpha value is -1.42. The molecule has 0 aliphatic carbocycles. The van der Waals surface area contributed by atoms with E-state index in [1.807, 2.05) is 18.2 Å². The van der Waals surface area contributed by atoms with Crippen LogP contribution in [0.2, 0.25) is 0 Å². The van der Waals surface area contributed by atoms with Crippen molar-refractivity contribution in [2.75, 3.05) is 0 Å². The summed E-state index contributed by atoms with van der Waals surface area (Å²) < 4.78 is 12.9. The molecule has 1 atom stereocenters. The first-order chi connectivity index (χ1) is 6.39. The van der Waals surface area contributed by atoms with Crippen molar-refractivity contribution in [3.05, 3.63) is 54.4 Å². The summed E-state index contributed by atoms with van der Waals surface area (Å²) >= 11 is 0. The zero-order valence-corrected chi connectivity index (χ0v) is 7.78. The first kappa shape index (κ1) is 9.67. The maximum Gasteiger partial charge on any atom is 0.142 e. The molecule has 0 aromatic carbocycles. The fourth-order valence-electron chi connectivity index (χ4n) is 0.631. The minimum absolute atomic E-state index is 0.958. The summed E-state index contributed by atoms with van der Waals surface area (Å²) in [5.74, 6) is 0. The molecule has 2 heterocycles. The summed E-state index contributed by atoms with van der Waals surface area (Å²) in [4.78, 5) is 3.78. The van der Waals surface area contributed by atoms with E-state index in [1.165, 1.54) is 0 Å². The van der Waals surface area contributed by atoms with Gasteiger partial charge in [-0.1, -0.05) is 12.1 Å². The second-order valence-corrected chi connectivity index (χ2v) is 3.23. The molecule has 0 radical (unpaired) electrons. The smallest absolute Gasteiger partial charge is 0.142 e. The number of pyridine rings is 1. The molecule has 3 nitrogen and oxygen atoms in total. The van der Waals surface area contributed by atoms with Crippen LogP contribution in [0.5, 0.6) is 0 Å². The van der Waals surface area contributed by atoms with E-state index in [-0.39, 0.29) is 0 Å². The fraction of sp³-hybridized carbons (Fsp3) is 0. The highest BCUT2D eigenvalue weighted by molar-refractivity contribution is 7.86. The van der Waals surface area contributed by atoms with Gasteiger partial charge in [0.15, 0.2) is 0 Å². The van der Waals surface area contributed by atoms with Gasteiger partial charge in [-0.15, -0.1) is 0 Å². The van der Waals surface area contributed by atoms with Crippen LogP contribution in [-0.4, -0.2) is 9.19 Å². The van der Waals surface area contributed by atoms with Crippen LogP contribution >= 0.6 is 0 Å². The Morgan fingerprint density at radius 3 is 2.08 bits per heavy atom. The molecule has 0 spiro atoms. The monoisotopic (exact) mass is 194 g/mol. The molecule has 0 saturated heterocycles. The summed E-state index contributed by atoms with van der Waals surface area (Å²) in [6.45, 7) is 0. The fourth-order valence-corrected chi connectivity index (χ4v) is 1.16. The van der Waals surface area contributed by atoms with Gasteiger partial charge in [0.25, 0.3) is 0 Å². The molecule has 1 aromatic heterocycles. The van der Waals surface area contributed by atoms with Gasteiger partial charge in [-0.25, -0.2) is 4.21 Å². The van der Waals surface area contributed by atoms with Crippen molar-refractivity contribution in [2.24, 2.45) is 0 Å². The normalized spacial score (nSPS) is 18.3. The third-order valence-corrected chi connectivity index (χ3v) is 1.93. The van der Waals surface area contributed by atoms with E-state index in [4.69, 9.17) is 0 Å². The molecule has 1 N–H and O–H groups in total. The molecule has 68 valence electrons. The van der Waals surface area contributed by atoms with Crippen LogP contribution in [0.25, 0.3) is 0 Å². The van der Waals surface area contributed by atoms with Gasteiger partial charge >= 0.3 is 0 Å². The molecular formula is C9H10N2OS. The predicted molar refractivity (Wildman–Crippen MR) is 53.8 cm³/mol. The third kappa shape index (κ3) is 4.92. The average molecular weight is 194 g/mol. The van der Waals surface area contributed by atoms with Crippen molar-refractivity contribution in [1.29, 1.82) is 0 Å². The summed E-state index contributed by atoms with van der Waals surface area (Å²) in [7, 11) is -0.958. The van der Waals surface area contributed by atoms with Crippen LogP contribution in [0.1, 0.15) is 0 Å². The van der Waals surface area contributed by atoms with E-state index in [2.05, 4.69) is 9.71 Å². The Kier molecular flexibility index (Phi) is 4.56. The van der Waals surface area contributed by atoms with Gasteiger partial charge < -0.3 is 4.72 Å². The summed E-state index contributed by atoms with van der Waals surface area (Å²) in [6.07, 6.45) is 8.68. The number of aromatic nitrogens is 1. The Morgan fingerprint density at radius 1 is 1.08 bits per heavy atom. The van der Waals surface area contributed by atoms with Gasteiger partial charge in [-0.3, -0.25) is 4.98 Å². The largest absolute Gasteiger partial charge is 0.308 e. The molecule has 2 rings (SSSR count). The van der Waals surface area contributed by atoms with Crippen molar-refractivity contribution in [3.8, 4) is 0 Å². The number of rotatable bonds is 0. The Balaban J connectivity index is 0.000000132. The molecule has 13 heavy (non-hydrogen) atoms. The van der Waals surface area contributed by atoms with Crippen LogP contribution in [-0.2, 0) is 11.0 Å². The highest BCUT2D eigenvalue weighted by Gasteiger charge is 1.87. The van der Waals surface area contributed by atoms with Gasteiger partial charge in [0.1, 0.15) is 11.0 Å². The van der Waals surface area contributed by atoms with Gasteiger partial charge in [-0.2, -0.15) is 0 Å². The molecule has 0 fully saturated rings. The number of allylic oxidation sites excluding steroid dienone is 2. The number of hydrogen-bond acceptors (Lipinski definition) is 2. The predicted octanol–water partition coefficient (Wildman–Crippen LogP) is 1.36. The lowest BCUT2D eigenvalue weighted by molar-refractivity contribution is 0.685. The second kappa shape index (κ2) is 6.14. The number of hydrogen-bond donors (Lipinski definition) is 1. The highest BCUT2D eigenvalue weighted by Crippen LogP contribution is 1.86. The quantitative estimate of drug-likeness (QED) is 0.677. The van der Waals surface area contributed by atoms with E-state index >= 15 is 0 Å². The minimum Gasteiger partial charge on any atom is -0.308 e. The summed E-state index contributed by atoms with van der Waals surface area (Å²) in [5, 5.41) is 1.58. The number of nitrogens with zero attached hydrogens (tertiary/aromatic N) is 1. The molecule has 1 aliphatic rings. The maximum atomic E-state index is 10.3. The zero-order chi connectivity index (χ0) is 9.36. The first-order valence-electron chi connectivity index (χ1n) is 3.74. The van der Waals surface area contributed by atoms with Crippen molar-refractivity contribution in [1.82, 2.24) is 9.71 Å². The first-order valence-corrected chi connectivity index (χ1v) is 4.96. The van der Waals surface area contributed by atoms with Crippen LogP contribution in [0.4, 0.5) is 0 Å². The molecular weight excluding hydrogens is 184 g/mol. The molecule has 0 bridgehead atoms. The van der Waals surface area contributed by atoms with E-state index in [0.717, 1.165) is 0 Å². The molecule has 1 unspecified atom stereocenters. The van der Waals surface area contributed by atoms with Crippen molar-refractivity contribution in [3.63, 3.8) is 0 Å². The van der Waals surface area contributed by atoms with E-state index in [9.17, 15) is 4.21 Å². The zero-order valence-electron chi connectivity index (χ0n) is 6.96. The van der Waals surface area contributed by atoms with Gasteiger partial charge in [0, 0.05) is 24.0 Å². The Morgan fingerprint density at radius 2 is 1.85 bits per heavy atom. The number of nitrogens with one attached hydrogen (secondary N) is 1. The second-order valence-electron chi connectivity index (χ2n) is 2.13. The topological polar surface area (TPSA) is 42.0 Å². The van der Waals surface area contributed by atoms with Crippen LogP contribution < -0.4 is 4.72 Å². The van der Waals surface area contributed by atoms with E-state index in [1.54, 1.807) is 36.2 Å². The van der Waals surface area contributed by atoms with Crippen LogP contribution in [0.3, 0.4) is 0 Å². The third-order valence-electron chi connectivity index (χ3n) is 1.16. The molecule has 0 amide bonds. The lowest BCUT2D eigenvalue weighted by Gasteiger charge is -1.94. The van der Waals surface area contributed by atoms with Crippen LogP contribution in [0.15, 0.2) is 54.4 Å². The highest BCUT2D eigenvalue weighted by atomic mass is 32.2. The van der Waals surface area contributed by atoms with Gasteiger partial charge in [0.05, 0.1) is 0 Å². The lowest BCUT2D eigenvalue weighted by Crippen LogP contribution is -2.07. The molecule has 0 saturated carbocycles. The van der Waals surface area contributed by atoms with Crippen molar-refractivity contribution >= 4 is 11.0 Å². The molecule has 1 aliphatic heterocycles. The van der Waals surface area contributed by atoms with E-state index in [0.29, 0.717) is 0 Å². The van der Waals surface area contributed by atoms with Crippen molar-refractivity contribution in [2.45, 2.75) is 0 Å². The standard InChI is InChI=1S/C5H5N.C4H5NOS/c1-2-4-6-5-3-1;6-7-4-2-1-3-5-7/h1-5H;1-5H. The van der Waals surface area contributed by atoms with Gasteiger partial charge in [-0.05, 0) is 18.2 Å². The lowest BCUT2D eigenvalue weighted by atomic mass is 10.5. The van der Waals surface area contributed by atoms with Crippen molar-refractivity contribution < 1.29 is 4.21 Å². The summed E-state index contributed by atoms with van der Waals surface area (Å²) in [5.41, 5.74) is 0. The summed E-state index contributed by atoms with van der Waals surface area (Å²) in [6, 6.07) is 5.72. The average Bonchev–Trinajstić information content (AvgIpc) is 2.22. The Labute approximate surface area is 79.8 Å². The molecule has 4 heteroatoms.